The van der Waals surface area contributed by atoms with Crippen molar-refractivity contribution in [2.24, 2.45) is 11.8 Å². The Bertz CT molecular complexity index is 573. The van der Waals surface area contributed by atoms with Crippen molar-refractivity contribution in [2.75, 3.05) is 12.0 Å². The number of hydrogen-bond donors (Lipinski definition) is 1. The van der Waals surface area contributed by atoms with Gasteiger partial charge >= 0.3 is 0 Å². The van der Waals surface area contributed by atoms with E-state index in [9.17, 15) is 13.5 Å². The van der Waals surface area contributed by atoms with E-state index in [-0.39, 0.29) is 17.6 Å². The third-order valence-corrected chi connectivity index (χ3v) is 6.15. The highest BCUT2D eigenvalue weighted by Crippen LogP contribution is 2.48. The highest BCUT2D eigenvalue weighted by atomic mass is 32.2. The van der Waals surface area contributed by atoms with Crippen LogP contribution in [0, 0.1) is 11.8 Å². The zero-order chi connectivity index (χ0) is 14.4. The lowest BCUT2D eigenvalue weighted by atomic mass is 9.80. The highest BCUT2D eigenvalue weighted by molar-refractivity contribution is 7.90. The van der Waals surface area contributed by atoms with Crippen molar-refractivity contribution in [3.05, 3.63) is 35.4 Å². The van der Waals surface area contributed by atoms with Gasteiger partial charge in [0.15, 0.2) is 0 Å². The molecule has 20 heavy (non-hydrogen) atoms. The summed E-state index contributed by atoms with van der Waals surface area (Å²) >= 11 is 0. The molecule has 0 saturated heterocycles. The molecule has 2 atom stereocenters. The molecular weight excluding hydrogens is 272 g/mol. The smallest absolute Gasteiger partial charge is 0.147 e. The molecule has 0 spiro atoms. The minimum Gasteiger partial charge on any atom is -0.389 e. The van der Waals surface area contributed by atoms with Crippen LogP contribution in [0.15, 0.2) is 24.3 Å². The Morgan fingerprint density at radius 1 is 1.15 bits per heavy atom. The molecule has 2 unspecified atom stereocenters. The van der Waals surface area contributed by atoms with Crippen LogP contribution in [-0.4, -0.2) is 31.1 Å². The molecule has 1 aromatic carbocycles. The highest BCUT2D eigenvalue weighted by Gasteiger charge is 2.50. The quantitative estimate of drug-likeness (QED) is 0.927. The standard InChI is InChI=1S/C16H22O3S/c1-20(18,19)9-8-16(17)14-6-7-15(16)11-13-5-3-2-4-12(13)10-14/h2-5,14-15,17H,6-11H2,1H3. The average molecular weight is 294 g/mol. The van der Waals surface area contributed by atoms with Gasteiger partial charge in [0.25, 0.3) is 0 Å². The van der Waals surface area contributed by atoms with Crippen LogP contribution in [0.4, 0.5) is 0 Å². The van der Waals surface area contributed by atoms with Gasteiger partial charge in [-0.05, 0) is 55.1 Å². The fraction of sp³-hybridized carbons (Fsp3) is 0.625. The molecule has 1 aromatic rings. The number of fused-ring (bicyclic) bond motifs is 3. The first-order chi connectivity index (χ1) is 9.38. The number of sulfone groups is 1. The topological polar surface area (TPSA) is 54.4 Å². The Morgan fingerprint density at radius 2 is 1.65 bits per heavy atom. The van der Waals surface area contributed by atoms with Crippen LogP contribution < -0.4 is 0 Å². The summed E-state index contributed by atoms with van der Waals surface area (Å²) in [4.78, 5) is 0. The van der Waals surface area contributed by atoms with Crippen LogP contribution in [0.1, 0.15) is 30.4 Å². The predicted molar refractivity (Wildman–Crippen MR) is 79.3 cm³/mol. The molecule has 2 aliphatic carbocycles. The van der Waals surface area contributed by atoms with Gasteiger partial charge in [-0.3, -0.25) is 0 Å². The van der Waals surface area contributed by atoms with Crippen LogP contribution in [0.5, 0.6) is 0 Å². The van der Waals surface area contributed by atoms with E-state index in [0.29, 0.717) is 6.42 Å². The maximum absolute atomic E-state index is 11.4. The van der Waals surface area contributed by atoms with Crippen molar-refractivity contribution in [1.82, 2.24) is 0 Å². The van der Waals surface area contributed by atoms with Gasteiger partial charge in [0, 0.05) is 6.26 Å². The van der Waals surface area contributed by atoms with E-state index in [1.54, 1.807) is 0 Å². The lowest BCUT2D eigenvalue weighted by molar-refractivity contribution is -0.0359. The maximum Gasteiger partial charge on any atom is 0.147 e. The minimum absolute atomic E-state index is 0.0901. The first-order valence-electron chi connectivity index (χ1n) is 7.35. The normalized spacial score (nSPS) is 32.7. The fourth-order valence-corrected chi connectivity index (χ4v) is 4.73. The summed E-state index contributed by atoms with van der Waals surface area (Å²) in [5.41, 5.74) is 1.86. The van der Waals surface area contributed by atoms with Gasteiger partial charge in [-0.15, -0.1) is 0 Å². The molecule has 4 heteroatoms. The molecule has 2 bridgehead atoms. The Hall–Kier alpha value is -0.870. The van der Waals surface area contributed by atoms with Crippen molar-refractivity contribution >= 4 is 9.84 Å². The van der Waals surface area contributed by atoms with E-state index in [0.717, 1.165) is 25.7 Å². The molecule has 0 heterocycles. The maximum atomic E-state index is 11.4. The second-order valence-electron chi connectivity index (χ2n) is 6.52. The molecule has 0 aromatic heterocycles. The third kappa shape index (κ3) is 2.51. The van der Waals surface area contributed by atoms with E-state index in [1.807, 2.05) is 12.1 Å². The van der Waals surface area contributed by atoms with Crippen LogP contribution >= 0.6 is 0 Å². The van der Waals surface area contributed by atoms with Crippen molar-refractivity contribution in [2.45, 2.75) is 37.7 Å². The lowest BCUT2D eigenvalue weighted by Crippen LogP contribution is -2.41. The molecular formula is C16H22O3S. The molecule has 0 aliphatic heterocycles. The van der Waals surface area contributed by atoms with E-state index in [4.69, 9.17) is 0 Å². The van der Waals surface area contributed by atoms with E-state index in [2.05, 4.69) is 12.1 Å². The van der Waals surface area contributed by atoms with Crippen molar-refractivity contribution in [1.29, 1.82) is 0 Å². The molecule has 1 fully saturated rings. The summed E-state index contributed by atoms with van der Waals surface area (Å²) in [6.07, 6.45) is 5.43. The Labute approximate surface area is 120 Å². The zero-order valence-corrected chi connectivity index (χ0v) is 12.7. The van der Waals surface area contributed by atoms with Crippen LogP contribution in [0.3, 0.4) is 0 Å². The van der Waals surface area contributed by atoms with Crippen molar-refractivity contribution < 1.29 is 13.5 Å². The monoisotopic (exact) mass is 294 g/mol. The van der Waals surface area contributed by atoms with Gasteiger partial charge in [0.1, 0.15) is 9.84 Å². The molecule has 0 radical (unpaired) electrons. The second kappa shape index (κ2) is 4.85. The van der Waals surface area contributed by atoms with Gasteiger partial charge in [-0.2, -0.15) is 0 Å². The fourth-order valence-electron chi connectivity index (χ4n) is 4.04. The Kier molecular flexibility index (Phi) is 3.41. The lowest BCUT2D eigenvalue weighted by Gasteiger charge is -2.33. The molecule has 1 N–H and O–H groups in total. The Morgan fingerprint density at radius 3 is 2.10 bits per heavy atom. The van der Waals surface area contributed by atoms with Crippen LogP contribution in [-0.2, 0) is 22.7 Å². The number of rotatable bonds is 3. The van der Waals surface area contributed by atoms with Gasteiger partial charge in [0.05, 0.1) is 11.4 Å². The predicted octanol–water partition coefficient (Wildman–Crippen LogP) is 1.98. The van der Waals surface area contributed by atoms with Crippen molar-refractivity contribution in [3.63, 3.8) is 0 Å². The number of benzene rings is 1. The van der Waals surface area contributed by atoms with Crippen molar-refractivity contribution in [3.8, 4) is 0 Å². The van der Waals surface area contributed by atoms with Gasteiger partial charge in [-0.25, -0.2) is 8.42 Å². The summed E-state index contributed by atoms with van der Waals surface area (Å²) in [5.74, 6) is 0.503. The van der Waals surface area contributed by atoms with E-state index >= 15 is 0 Å². The van der Waals surface area contributed by atoms with E-state index < -0.39 is 15.4 Å². The second-order valence-corrected chi connectivity index (χ2v) is 8.78. The molecule has 0 amide bonds. The Balaban J connectivity index is 1.88. The first kappa shape index (κ1) is 14.1. The molecule has 2 aliphatic rings. The average Bonchev–Trinajstić information content (AvgIpc) is 2.59. The largest absolute Gasteiger partial charge is 0.389 e. The van der Waals surface area contributed by atoms with Gasteiger partial charge in [0.2, 0.25) is 0 Å². The molecule has 3 rings (SSSR count). The zero-order valence-electron chi connectivity index (χ0n) is 11.9. The van der Waals surface area contributed by atoms with E-state index in [1.165, 1.54) is 17.4 Å². The van der Waals surface area contributed by atoms with Gasteiger partial charge in [-0.1, -0.05) is 24.3 Å². The summed E-state index contributed by atoms with van der Waals surface area (Å²) in [7, 11) is -3.02. The minimum atomic E-state index is -3.02. The first-order valence-corrected chi connectivity index (χ1v) is 9.41. The summed E-state index contributed by atoms with van der Waals surface area (Å²) in [6.45, 7) is 0. The molecule has 3 nitrogen and oxygen atoms in total. The number of hydrogen-bond acceptors (Lipinski definition) is 3. The summed E-state index contributed by atoms with van der Waals surface area (Å²) in [5, 5.41) is 11.1. The third-order valence-electron chi connectivity index (χ3n) is 5.20. The summed E-state index contributed by atoms with van der Waals surface area (Å²) in [6, 6.07) is 8.39. The number of aliphatic hydroxyl groups is 1. The van der Waals surface area contributed by atoms with Gasteiger partial charge < -0.3 is 5.11 Å². The molecule has 1 saturated carbocycles. The summed E-state index contributed by atoms with van der Waals surface area (Å²) < 4.78 is 22.9. The SMILES string of the molecule is CS(=O)(=O)CCC1(O)C2CCC1Cc1ccccc1C2. The van der Waals surface area contributed by atoms with Crippen LogP contribution in [0.25, 0.3) is 0 Å². The molecule has 110 valence electrons. The van der Waals surface area contributed by atoms with Crippen LogP contribution in [0.2, 0.25) is 0 Å².